The molecule has 66 valence electrons. The van der Waals surface area contributed by atoms with Gasteiger partial charge in [0.15, 0.2) is 0 Å². The van der Waals surface area contributed by atoms with Gasteiger partial charge in [-0.15, -0.1) is 11.3 Å². The highest BCUT2D eigenvalue weighted by atomic mass is 32.1. The van der Waals surface area contributed by atoms with Crippen LogP contribution in [0.4, 0.5) is 0 Å². The van der Waals surface area contributed by atoms with Gasteiger partial charge in [-0.05, 0) is 37.1 Å². The lowest BCUT2D eigenvalue weighted by Gasteiger charge is -1.99. The van der Waals surface area contributed by atoms with Crippen LogP contribution in [0.15, 0.2) is 29.8 Å². The minimum atomic E-state index is 1.10. The predicted molar refractivity (Wildman–Crippen MR) is 58.9 cm³/mol. The van der Waals surface area contributed by atoms with E-state index in [1.54, 1.807) is 11.3 Å². The third-order valence-electron chi connectivity index (χ3n) is 2.22. The van der Waals surface area contributed by atoms with Crippen molar-refractivity contribution < 1.29 is 0 Å². The molecule has 0 unspecified atom stereocenters. The maximum atomic E-state index is 4.29. The molecule has 0 aliphatic rings. The third kappa shape index (κ3) is 1.49. The second-order valence-electron chi connectivity index (χ2n) is 3.01. The molecule has 13 heavy (non-hydrogen) atoms. The number of benzene rings is 1. The van der Waals surface area contributed by atoms with Crippen LogP contribution < -0.4 is 0 Å². The van der Waals surface area contributed by atoms with Gasteiger partial charge in [0.05, 0.1) is 15.7 Å². The van der Waals surface area contributed by atoms with Gasteiger partial charge in [0.2, 0.25) is 0 Å². The Bertz CT molecular complexity index is 454. The Morgan fingerprint density at radius 2 is 2.31 bits per heavy atom. The normalized spacial score (nSPS) is 12.3. The quantitative estimate of drug-likeness (QED) is 0.666. The van der Waals surface area contributed by atoms with E-state index >= 15 is 0 Å². The minimum absolute atomic E-state index is 1.10. The molecule has 1 aromatic carbocycles. The Kier molecular flexibility index (Phi) is 2.15. The Balaban J connectivity index is 2.60. The summed E-state index contributed by atoms with van der Waals surface area (Å²) in [4.78, 5) is 4.29. The number of fused-ring (bicyclic) bond motifs is 1. The molecular weight excluding hydrogens is 178 g/mol. The van der Waals surface area contributed by atoms with Crippen LogP contribution in [0.2, 0.25) is 0 Å². The lowest BCUT2D eigenvalue weighted by atomic mass is 10.1. The van der Waals surface area contributed by atoms with Gasteiger partial charge in [0.25, 0.3) is 0 Å². The molecule has 0 bridgehead atoms. The fourth-order valence-electron chi connectivity index (χ4n) is 1.27. The molecule has 0 aliphatic heterocycles. The SMILES string of the molecule is C/C=C(/C)c1ccc2scnc2c1. The number of hydrogen-bond acceptors (Lipinski definition) is 2. The van der Waals surface area contributed by atoms with Gasteiger partial charge in [-0.1, -0.05) is 12.1 Å². The second-order valence-corrected chi connectivity index (χ2v) is 3.89. The fraction of sp³-hybridized carbons (Fsp3) is 0.182. The predicted octanol–water partition coefficient (Wildman–Crippen LogP) is 3.72. The van der Waals surface area contributed by atoms with Crippen molar-refractivity contribution in [2.75, 3.05) is 0 Å². The first kappa shape index (κ1) is 8.45. The van der Waals surface area contributed by atoms with E-state index in [1.165, 1.54) is 15.8 Å². The van der Waals surface area contributed by atoms with Crippen molar-refractivity contribution >= 4 is 27.1 Å². The van der Waals surface area contributed by atoms with Gasteiger partial charge in [-0.3, -0.25) is 0 Å². The van der Waals surface area contributed by atoms with Crippen LogP contribution in [0.5, 0.6) is 0 Å². The maximum Gasteiger partial charge on any atom is 0.0818 e. The van der Waals surface area contributed by atoms with Crippen LogP contribution in [0.1, 0.15) is 19.4 Å². The van der Waals surface area contributed by atoms with Crippen molar-refractivity contribution in [3.05, 3.63) is 35.3 Å². The van der Waals surface area contributed by atoms with Crippen LogP contribution in [-0.4, -0.2) is 4.98 Å². The largest absolute Gasteiger partial charge is 0.245 e. The third-order valence-corrected chi connectivity index (χ3v) is 3.03. The molecule has 1 heterocycles. The molecule has 0 radical (unpaired) electrons. The van der Waals surface area contributed by atoms with Crippen LogP contribution in [-0.2, 0) is 0 Å². The molecule has 2 rings (SSSR count). The van der Waals surface area contributed by atoms with E-state index in [1.807, 2.05) is 5.51 Å². The first-order chi connectivity index (χ1) is 6.31. The zero-order chi connectivity index (χ0) is 9.26. The molecule has 0 saturated heterocycles. The summed E-state index contributed by atoms with van der Waals surface area (Å²) in [6, 6.07) is 6.42. The molecule has 0 fully saturated rings. The van der Waals surface area contributed by atoms with Crippen molar-refractivity contribution in [3.8, 4) is 0 Å². The summed E-state index contributed by atoms with van der Waals surface area (Å²) >= 11 is 1.68. The molecule has 0 N–H and O–H groups in total. The number of hydrogen-bond donors (Lipinski definition) is 0. The van der Waals surface area contributed by atoms with E-state index in [4.69, 9.17) is 0 Å². The Morgan fingerprint density at radius 1 is 1.46 bits per heavy atom. The molecule has 1 aromatic heterocycles. The minimum Gasteiger partial charge on any atom is -0.245 e. The van der Waals surface area contributed by atoms with Crippen LogP contribution >= 0.6 is 11.3 Å². The highest BCUT2D eigenvalue weighted by Crippen LogP contribution is 2.22. The number of aromatic nitrogens is 1. The number of nitrogens with zero attached hydrogens (tertiary/aromatic N) is 1. The van der Waals surface area contributed by atoms with Crippen molar-refractivity contribution in [1.82, 2.24) is 4.98 Å². The number of rotatable bonds is 1. The van der Waals surface area contributed by atoms with E-state index in [-0.39, 0.29) is 0 Å². The molecule has 0 atom stereocenters. The summed E-state index contributed by atoms with van der Waals surface area (Å²) in [5.41, 5.74) is 5.55. The molecule has 2 aromatic rings. The number of allylic oxidation sites excluding steroid dienone is 2. The highest BCUT2D eigenvalue weighted by molar-refractivity contribution is 7.16. The zero-order valence-corrected chi connectivity index (χ0v) is 8.56. The second kappa shape index (κ2) is 3.30. The summed E-state index contributed by atoms with van der Waals surface area (Å²) in [5, 5.41) is 0. The average molecular weight is 189 g/mol. The molecule has 1 nitrogen and oxygen atoms in total. The molecule has 0 saturated carbocycles. The first-order valence-corrected chi connectivity index (χ1v) is 5.16. The standard InChI is InChI=1S/C11H11NS/c1-3-8(2)9-4-5-11-10(6-9)12-7-13-11/h3-7H,1-2H3/b8-3-. The van der Waals surface area contributed by atoms with Gasteiger partial charge in [0.1, 0.15) is 0 Å². The Labute approximate surface area is 81.7 Å². The summed E-state index contributed by atoms with van der Waals surface area (Å²) in [6.45, 7) is 4.17. The van der Waals surface area contributed by atoms with Crippen LogP contribution in [0, 0.1) is 0 Å². The van der Waals surface area contributed by atoms with Crippen molar-refractivity contribution in [3.63, 3.8) is 0 Å². The summed E-state index contributed by atoms with van der Waals surface area (Å²) < 4.78 is 1.26. The topological polar surface area (TPSA) is 12.9 Å². The summed E-state index contributed by atoms with van der Waals surface area (Å²) in [6.07, 6.45) is 2.12. The first-order valence-electron chi connectivity index (χ1n) is 4.28. The van der Waals surface area contributed by atoms with Gasteiger partial charge in [-0.2, -0.15) is 0 Å². The number of thiazole rings is 1. The van der Waals surface area contributed by atoms with Crippen molar-refractivity contribution in [1.29, 1.82) is 0 Å². The zero-order valence-electron chi connectivity index (χ0n) is 7.74. The van der Waals surface area contributed by atoms with Crippen molar-refractivity contribution in [2.24, 2.45) is 0 Å². The van der Waals surface area contributed by atoms with E-state index < -0.39 is 0 Å². The highest BCUT2D eigenvalue weighted by Gasteiger charge is 1.99. The fourth-order valence-corrected chi connectivity index (χ4v) is 1.93. The Morgan fingerprint density at radius 3 is 3.08 bits per heavy atom. The van der Waals surface area contributed by atoms with Gasteiger partial charge in [0, 0.05) is 0 Å². The molecule has 2 heteroatoms. The van der Waals surface area contributed by atoms with Crippen LogP contribution in [0.25, 0.3) is 15.8 Å². The van der Waals surface area contributed by atoms with Crippen LogP contribution in [0.3, 0.4) is 0 Å². The van der Waals surface area contributed by atoms with E-state index in [0.717, 1.165) is 5.52 Å². The monoisotopic (exact) mass is 189 g/mol. The van der Waals surface area contributed by atoms with Crippen molar-refractivity contribution in [2.45, 2.75) is 13.8 Å². The maximum absolute atomic E-state index is 4.29. The average Bonchev–Trinajstić information content (AvgIpc) is 2.63. The van der Waals surface area contributed by atoms with E-state index in [0.29, 0.717) is 0 Å². The molecule has 0 aliphatic carbocycles. The molecule has 0 spiro atoms. The smallest absolute Gasteiger partial charge is 0.0818 e. The van der Waals surface area contributed by atoms with Gasteiger partial charge in [-0.25, -0.2) is 4.98 Å². The summed E-state index contributed by atoms with van der Waals surface area (Å²) in [5.74, 6) is 0. The Hall–Kier alpha value is -1.15. The lowest BCUT2D eigenvalue weighted by molar-refractivity contribution is 1.48. The van der Waals surface area contributed by atoms with E-state index in [2.05, 4.69) is 43.1 Å². The summed E-state index contributed by atoms with van der Waals surface area (Å²) in [7, 11) is 0. The molecule has 0 amide bonds. The van der Waals surface area contributed by atoms with Gasteiger partial charge >= 0.3 is 0 Å². The molecular formula is C11H11NS. The van der Waals surface area contributed by atoms with E-state index in [9.17, 15) is 0 Å². The lowest BCUT2D eigenvalue weighted by Crippen LogP contribution is -1.78. The van der Waals surface area contributed by atoms with Gasteiger partial charge < -0.3 is 0 Å².